The first-order valence-corrected chi connectivity index (χ1v) is 14.6. The quantitative estimate of drug-likeness (QED) is 0.0843. The van der Waals surface area contributed by atoms with E-state index in [-0.39, 0.29) is 48.0 Å². The number of nitrogens with one attached hydrogen (secondary N) is 3. The molecule has 1 amide bonds. The summed E-state index contributed by atoms with van der Waals surface area (Å²) in [6.07, 6.45) is 4.56. The van der Waals surface area contributed by atoms with Gasteiger partial charge in [-0.1, -0.05) is 86.8 Å². The zero-order chi connectivity index (χ0) is 31.0. The van der Waals surface area contributed by atoms with Gasteiger partial charge < -0.3 is 15.3 Å². The summed E-state index contributed by atoms with van der Waals surface area (Å²) in [6.45, 7) is 2.95. The molecule has 0 aliphatic carbocycles. The number of carbonyl (C=O) groups excluding carboxylic acids is 2. The van der Waals surface area contributed by atoms with Crippen LogP contribution in [0.15, 0.2) is 84.0 Å². The van der Waals surface area contributed by atoms with Crippen LogP contribution in [0.3, 0.4) is 0 Å². The van der Waals surface area contributed by atoms with Crippen molar-refractivity contribution in [2.45, 2.75) is 71.4 Å². The lowest BCUT2D eigenvalue weighted by Gasteiger charge is -2.23. The minimum Gasteiger partial charge on any atom is -0.595 e. The van der Waals surface area contributed by atoms with Crippen LogP contribution in [0.4, 0.5) is 17.1 Å². The number of Topliss-reactive ketones (excluding diaryl/α,β-unsaturated/α-hetero) is 1. The lowest BCUT2D eigenvalue weighted by atomic mass is 10.0. The number of quaternary nitrogens is 2. The normalized spacial score (nSPS) is 12.9. The second-order valence-corrected chi connectivity index (χ2v) is 10.4. The van der Waals surface area contributed by atoms with Crippen LogP contribution < -0.4 is 15.9 Å². The molecule has 2 atom stereocenters. The maximum Gasteiger partial charge on any atom is 0.223 e. The van der Waals surface area contributed by atoms with Gasteiger partial charge in [0.15, 0.2) is 11.4 Å². The molecule has 0 fully saturated rings. The van der Waals surface area contributed by atoms with Gasteiger partial charge >= 0.3 is 0 Å². The van der Waals surface area contributed by atoms with E-state index in [0.29, 0.717) is 25.2 Å². The van der Waals surface area contributed by atoms with Crippen LogP contribution in [0.2, 0.25) is 0 Å². The van der Waals surface area contributed by atoms with Gasteiger partial charge in [-0.05, 0) is 30.0 Å². The number of hydrogen-bond acceptors (Lipinski definition) is 8. The van der Waals surface area contributed by atoms with Gasteiger partial charge in [-0.3, -0.25) is 15.0 Å². The average molecular weight is 592 g/mol. The highest BCUT2D eigenvalue weighted by Gasteiger charge is 2.18. The van der Waals surface area contributed by atoms with E-state index < -0.39 is 10.5 Å². The van der Waals surface area contributed by atoms with Crippen molar-refractivity contribution in [1.82, 2.24) is 4.90 Å². The molecule has 0 saturated heterocycles. The van der Waals surface area contributed by atoms with Crippen LogP contribution in [0.25, 0.3) is 0 Å². The first kappa shape index (κ1) is 33.5. The van der Waals surface area contributed by atoms with Gasteiger partial charge in [0.1, 0.15) is 11.5 Å². The highest BCUT2D eigenvalue weighted by molar-refractivity contribution is 6.03. The summed E-state index contributed by atoms with van der Waals surface area (Å²) in [7, 11) is 0. The fourth-order valence-corrected chi connectivity index (χ4v) is 4.59. The zero-order valence-corrected chi connectivity index (χ0v) is 24.5. The SMILES string of the molecule is CCCCCCC(=O)C/C(CCC(=O)N(Cc1ccccc1)Cc1ccccc1)=N\Nc1ccc([NH+]([O-])O)cc1[NH+]([O-])O. The Balaban J connectivity index is 1.78. The second kappa shape index (κ2) is 17.9. The Morgan fingerprint density at radius 2 is 1.44 bits per heavy atom. The molecular weight excluding hydrogens is 550 g/mol. The van der Waals surface area contributed by atoms with Gasteiger partial charge in [-0.2, -0.15) is 15.6 Å². The van der Waals surface area contributed by atoms with E-state index in [2.05, 4.69) is 17.5 Å². The molecule has 0 bridgehead atoms. The number of hydrogen-bond donors (Lipinski definition) is 5. The van der Waals surface area contributed by atoms with Crippen LogP contribution in [0.1, 0.15) is 69.4 Å². The molecule has 0 spiro atoms. The van der Waals surface area contributed by atoms with E-state index >= 15 is 0 Å². The fraction of sp³-hybridized carbons (Fsp3) is 0.344. The van der Waals surface area contributed by atoms with E-state index in [1.807, 2.05) is 60.7 Å². The van der Waals surface area contributed by atoms with Gasteiger partial charge in [0.2, 0.25) is 5.91 Å². The van der Waals surface area contributed by atoms with Gasteiger partial charge in [-0.25, -0.2) is 10.4 Å². The van der Waals surface area contributed by atoms with Crippen molar-refractivity contribution in [2.24, 2.45) is 5.10 Å². The molecule has 3 rings (SSSR count). The Labute approximate surface area is 252 Å². The molecule has 0 saturated carbocycles. The predicted molar refractivity (Wildman–Crippen MR) is 164 cm³/mol. The van der Waals surface area contributed by atoms with Gasteiger partial charge in [0.05, 0.1) is 6.07 Å². The fourth-order valence-electron chi connectivity index (χ4n) is 4.59. The number of hydrazone groups is 1. The summed E-state index contributed by atoms with van der Waals surface area (Å²) < 4.78 is 0. The van der Waals surface area contributed by atoms with E-state index in [9.17, 15) is 30.4 Å². The monoisotopic (exact) mass is 591 g/mol. The molecule has 3 aromatic carbocycles. The minimum absolute atomic E-state index is 0.00536. The second-order valence-electron chi connectivity index (χ2n) is 10.4. The smallest absolute Gasteiger partial charge is 0.223 e. The van der Waals surface area contributed by atoms with Crippen LogP contribution in [0, 0.1) is 10.4 Å². The number of benzene rings is 3. The Bertz CT molecular complexity index is 1280. The minimum atomic E-state index is -1.32. The third kappa shape index (κ3) is 11.7. The molecule has 2 unspecified atom stereocenters. The van der Waals surface area contributed by atoms with Crippen molar-refractivity contribution in [3.8, 4) is 0 Å². The highest BCUT2D eigenvalue weighted by Crippen LogP contribution is 2.21. The van der Waals surface area contributed by atoms with Crippen molar-refractivity contribution in [3.05, 3.63) is 100 Å². The van der Waals surface area contributed by atoms with Gasteiger partial charge in [0.25, 0.3) is 0 Å². The number of amides is 1. The molecule has 0 heterocycles. The molecule has 0 aromatic heterocycles. The predicted octanol–water partition coefficient (Wildman–Crippen LogP) is 4.20. The standard InChI is InChI=1S/C32H41N5O6/c1-2-3-4-11-16-29(38)21-27(33-34-30-19-18-28(36(40)41)22-31(30)37(42)43)17-20-32(39)35(23-25-12-7-5-8-13-25)24-26-14-9-6-10-15-26/h5-10,12-15,18-19,22,34,36-37,40,42H,2-4,11,16-17,20-21,23-24H2,1H3/b33-27-. The van der Waals surface area contributed by atoms with E-state index in [1.54, 1.807) is 4.90 Å². The number of carbonyl (C=O) groups is 2. The zero-order valence-electron chi connectivity index (χ0n) is 24.5. The first-order chi connectivity index (χ1) is 20.8. The largest absolute Gasteiger partial charge is 0.595 e. The van der Waals surface area contributed by atoms with Crippen molar-refractivity contribution in [1.29, 1.82) is 0 Å². The Morgan fingerprint density at radius 1 is 0.814 bits per heavy atom. The van der Waals surface area contributed by atoms with Crippen LogP contribution in [-0.4, -0.2) is 32.7 Å². The molecule has 43 heavy (non-hydrogen) atoms. The summed E-state index contributed by atoms with van der Waals surface area (Å²) in [5.41, 5.74) is 4.78. The Hall–Kier alpha value is -3.97. The molecule has 11 heteroatoms. The molecule has 11 nitrogen and oxygen atoms in total. The maximum absolute atomic E-state index is 13.5. The van der Waals surface area contributed by atoms with Crippen molar-refractivity contribution < 1.29 is 30.5 Å². The third-order valence-electron chi connectivity index (χ3n) is 6.95. The summed E-state index contributed by atoms with van der Waals surface area (Å²) in [4.78, 5) is 28.1. The van der Waals surface area contributed by atoms with Crippen molar-refractivity contribution in [3.63, 3.8) is 0 Å². The summed E-state index contributed by atoms with van der Waals surface area (Å²) in [5, 5.41) is 43.8. The van der Waals surface area contributed by atoms with Crippen LogP contribution in [-0.2, 0) is 22.7 Å². The number of anilines is 1. The molecule has 0 aliphatic heterocycles. The lowest BCUT2D eigenvalue weighted by Crippen LogP contribution is -3.00. The maximum atomic E-state index is 13.5. The molecule has 0 radical (unpaired) electrons. The van der Waals surface area contributed by atoms with E-state index in [4.69, 9.17) is 0 Å². The third-order valence-corrected chi connectivity index (χ3v) is 6.95. The Kier molecular flexibility index (Phi) is 13.9. The topological polar surface area (TPSA) is 157 Å². The van der Waals surface area contributed by atoms with Crippen molar-refractivity contribution >= 4 is 34.5 Å². The van der Waals surface area contributed by atoms with Gasteiger partial charge in [-0.15, -0.1) is 0 Å². The summed E-state index contributed by atoms with van der Waals surface area (Å²) in [5.74, 6) is -0.109. The number of nitrogens with zero attached hydrogens (tertiary/aromatic N) is 2. The van der Waals surface area contributed by atoms with E-state index in [0.717, 1.165) is 42.9 Å². The van der Waals surface area contributed by atoms with Crippen molar-refractivity contribution in [2.75, 3.05) is 5.43 Å². The number of rotatable bonds is 18. The summed E-state index contributed by atoms with van der Waals surface area (Å²) >= 11 is 0. The average Bonchev–Trinajstić information content (AvgIpc) is 3.01. The summed E-state index contributed by atoms with van der Waals surface area (Å²) in [6, 6.07) is 23.1. The van der Waals surface area contributed by atoms with Crippen LogP contribution >= 0.6 is 0 Å². The van der Waals surface area contributed by atoms with E-state index in [1.165, 1.54) is 12.1 Å². The lowest BCUT2D eigenvalue weighted by molar-refractivity contribution is -0.996. The van der Waals surface area contributed by atoms with Gasteiger partial charge in [0, 0.05) is 44.1 Å². The Morgan fingerprint density at radius 3 is 2.00 bits per heavy atom. The molecular formula is C32H41N5O6. The molecule has 230 valence electrons. The first-order valence-electron chi connectivity index (χ1n) is 14.6. The molecule has 3 aromatic rings. The highest BCUT2D eigenvalue weighted by atomic mass is 16.8. The number of unbranched alkanes of at least 4 members (excludes halogenated alkanes) is 3. The number of ketones is 1. The molecule has 0 aliphatic rings. The van der Waals surface area contributed by atoms with Crippen LogP contribution in [0.5, 0.6) is 0 Å². The molecule has 5 N–H and O–H groups in total.